The summed E-state index contributed by atoms with van der Waals surface area (Å²) >= 11 is 0. The third kappa shape index (κ3) is 3.09. The molecule has 0 atom stereocenters. The molecule has 1 aromatic rings. The van der Waals surface area contributed by atoms with Gasteiger partial charge in [0.05, 0.1) is 12.6 Å². The molecule has 18 heavy (non-hydrogen) atoms. The first-order valence-electron chi connectivity index (χ1n) is 6.01. The summed E-state index contributed by atoms with van der Waals surface area (Å²) in [6.07, 6.45) is 6.65. The van der Waals surface area contributed by atoms with E-state index in [2.05, 4.69) is 15.0 Å². The standard InChI is InChI=1S/C12H16N2O4/c15-10(14-9-7-13-18-8-9)5-12(6-11(16)17)3-1-2-4-12/h7-8H,1-6H2,(H,14,15)(H,16,17). The number of carboxylic acids is 1. The second-order valence-electron chi connectivity index (χ2n) is 4.92. The molecule has 1 fully saturated rings. The lowest BCUT2D eigenvalue weighted by Crippen LogP contribution is -2.27. The van der Waals surface area contributed by atoms with E-state index in [-0.39, 0.29) is 24.2 Å². The molecule has 98 valence electrons. The first-order valence-corrected chi connectivity index (χ1v) is 6.01. The fraction of sp³-hybridized carbons (Fsp3) is 0.583. The number of aliphatic carboxylic acids is 1. The Morgan fingerprint density at radius 3 is 2.67 bits per heavy atom. The zero-order valence-corrected chi connectivity index (χ0v) is 10.0. The minimum atomic E-state index is -0.838. The summed E-state index contributed by atoms with van der Waals surface area (Å²) in [4.78, 5) is 22.8. The van der Waals surface area contributed by atoms with Crippen molar-refractivity contribution in [3.8, 4) is 0 Å². The second kappa shape index (κ2) is 5.20. The van der Waals surface area contributed by atoms with E-state index in [1.165, 1.54) is 12.5 Å². The molecule has 1 heterocycles. The molecule has 2 rings (SSSR count). The predicted octanol–water partition coefficient (Wildman–Crippen LogP) is 2.04. The van der Waals surface area contributed by atoms with Gasteiger partial charge in [0.2, 0.25) is 5.91 Å². The van der Waals surface area contributed by atoms with Crippen LogP contribution in [0.2, 0.25) is 0 Å². The Labute approximate surface area is 104 Å². The fourth-order valence-electron chi connectivity index (χ4n) is 2.67. The Balaban J connectivity index is 1.96. The summed E-state index contributed by atoms with van der Waals surface area (Å²) in [5, 5.41) is 15.1. The molecule has 0 saturated heterocycles. The van der Waals surface area contributed by atoms with Gasteiger partial charge in [-0.3, -0.25) is 9.59 Å². The number of hydrogen-bond donors (Lipinski definition) is 2. The number of carbonyl (C=O) groups is 2. The lowest BCUT2D eigenvalue weighted by atomic mass is 9.79. The van der Waals surface area contributed by atoms with Gasteiger partial charge in [0.1, 0.15) is 12.0 Å². The molecule has 0 bridgehead atoms. The number of carbonyl (C=O) groups excluding carboxylic acids is 1. The fourth-order valence-corrected chi connectivity index (χ4v) is 2.67. The SMILES string of the molecule is O=C(O)CC1(CC(=O)Nc2cnoc2)CCCC1. The average Bonchev–Trinajstić information content (AvgIpc) is 2.89. The highest BCUT2D eigenvalue weighted by Gasteiger charge is 2.37. The minimum absolute atomic E-state index is 0.0596. The summed E-state index contributed by atoms with van der Waals surface area (Å²) in [5.41, 5.74) is 0.121. The quantitative estimate of drug-likeness (QED) is 0.836. The third-order valence-electron chi connectivity index (χ3n) is 3.44. The summed E-state index contributed by atoms with van der Waals surface area (Å²) in [6.45, 7) is 0. The van der Waals surface area contributed by atoms with Crippen LogP contribution in [0.5, 0.6) is 0 Å². The molecule has 0 aliphatic heterocycles. The van der Waals surface area contributed by atoms with Gasteiger partial charge in [0, 0.05) is 6.42 Å². The normalized spacial score (nSPS) is 17.6. The van der Waals surface area contributed by atoms with Gasteiger partial charge < -0.3 is 14.9 Å². The van der Waals surface area contributed by atoms with Crippen LogP contribution in [0, 0.1) is 5.41 Å². The summed E-state index contributed by atoms with van der Waals surface area (Å²) in [6, 6.07) is 0. The monoisotopic (exact) mass is 252 g/mol. The van der Waals surface area contributed by atoms with Crippen molar-refractivity contribution in [2.75, 3.05) is 5.32 Å². The largest absolute Gasteiger partial charge is 0.481 e. The molecule has 0 unspecified atom stereocenters. The number of amides is 1. The maximum atomic E-state index is 11.9. The zero-order valence-electron chi connectivity index (χ0n) is 10.0. The van der Waals surface area contributed by atoms with E-state index in [0.717, 1.165) is 25.7 Å². The Morgan fingerprint density at radius 1 is 1.39 bits per heavy atom. The molecule has 1 aliphatic carbocycles. The molecular formula is C12H16N2O4. The van der Waals surface area contributed by atoms with Crippen molar-refractivity contribution < 1.29 is 19.2 Å². The molecular weight excluding hydrogens is 236 g/mol. The van der Waals surface area contributed by atoms with Crippen molar-refractivity contribution >= 4 is 17.6 Å². The molecule has 6 heteroatoms. The smallest absolute Gasteiger partial charge is 0.303 e. The van der Waals surface area contributed by atoms with Crippen LogP contribution in [0.15, 0.2) is 17.0 Å². The molecule has 0 aromatic carbocycles. The molecule has 1 aliphatic rings. The molecule has 1 aromatic heterocycles. The first-order chi connectivity index (χ1) is 8.60. The summed E-state index contributed by atoms with van der Waals surface area (Å²) < 4.78 is 4.62. The van der Waals surface area contributed by atoms with Crippen molar-refractivity contribution in [3.63, 3.8) is 0 Å². The Bertz CT molecular complexity index is 421. The number of carboxylic acid groups (broad SMARTS) is 1. The number of nitrogens with one attached hydrogen (secondary N) is 1. The Hall–Kier alpha value is -1.85. The third-order valence-corrected chi connectivity index (χ3v) is 3.44. The molecule has 1 saturated carbocycles. The van der Waals surface area contributed by atoms with Crippen molar-refractivity contribution in [2.45, 2.75) is 38.5 Å². The topological polar surface area (TPSA) is 92.4 Å². The molecule has 0 radical (unpaired) electrons. The second-order valence-corrected chi connectivity index (χ2v) is 4.92. The highest BCUT2D eigenvalue weighted by molar-refractivity contribution is 5.91. The van der Waals surface area contributed by atoms with Crippen molar-refractivity contribution in [2.24, 2.45) is 5.41 Å². The first kappa shape index (κ1) is 12.6. The number of hydrogen-bond acceptors (Lipinski definition) is 4. The summed E-state index contributed by atoms with van der Waals surface area (Å²) in [7, 11) is 0. The highest BCUT2D eigenvalue weighted by Crippen LogP contribution is 2.44. The van der Waals surface area contributed by atoms with E-state index in [1.807, 2.05) is 0 Å². The molecule has 1 amide bonds. The number of anilines is 1. The van der Waals surface area contributed by atoms with Crippen LogP contribution < -0.4 is 5.32 Å². The van der Waals surface area contributed by atoms with Gasteiger partial charge >= 0.3 is 5.97 Å². The van der Waals surface area contributed by atoms with Crippen LogP contribution >= 0.6 is 0 Å². The van der Waals surface area contributed by atoms with Crippen molar-refractivity contribution in [3.05, 3.63) is 12.5 Å². The predicted molar refractivity (Wildman–Crippen MR) is 62.9 cm³/mol. The van der Waals surface area contributed by atoms with Gasteiger partial charge in [-0.2, -0.15) is 0 Å². The molecule has 2 N–H and O–H groups in total. The van der Waals surface area contributed by atoms with Gasteiger partial charge in [0.25, 0.3) is 0 Å². The van der Waals surface area contributed by atoms with Crippen LogP contribution in [0.1, 0.15) is 38.5 Å². The lowest BCUT2D eigenvalue weighted by molar-refractivity contribution is -0.140. The Morgan fingerprint density at radius 2 is 2.11 bits per heavy atom. The highest BCUT2D eigenvalue weighted by atomic mass is 16.5. The maximum absolute atomic E-state index is 11.9. The maximum Gasteiger partial charge on any atom is 0.303 e. The van der Waals surface area contributed by atoms with Crippen LogP contribution in [-0.2, 0) is 9.59 Å². The van der Waals surface area contributed by atoms with Crippen LogP contribution in [0.25, 0.3) is 0 Å². The van der Waals surface area contributed by atoms with Crippen molar-refractivity contribution in [1.82, 2.24) is 5.16 Å². The van der Waals surface area contributed by atoms with E-state index in [4.69, 9.17) is 5.11 Å². The lowest BCUT2D eigenvalue weighted by Gasteiger charge is -2.26. The average molecular weight is 252 g/mol. The molecule has 6 nitrogen and oxygen atoms in total. The van der Waals surface area contributed by atoms with E-state index in [0.29, 0.717) is 5.69 Å². The number of aromatic nitrogens is 1. The van der Waals surface area contributed by atoms with Crippen LogP contribution in [0.4, 0.5) is 5.69 Å². The minimum Gasteiger partial charge on any atom is -0.481 e. The van der Waals surface area contributed by atoms with E-state index >= 15 is 0 Å². The van der Waals surface area contributed by atoms with Gasteiger partial charge in [-0.15, -0.1) is 0 Å². The number of nitrogens with zero attached hydrogens (tertiary/aromatic N) is 1. The van der Waals surface area contributed by atoms with Crippen LogP contribution in [-0.4, -0.2) is 22.1 Å². The van der Waals surface area contributed by atoms with Crippen LogP contribution in [0.3, 0.4) is 0 Å². The van der Waals surface area contributed by atoms with Gasteiger partial charge in [-0.1, -0.05) is 18.0 Å². The zero-order chi connectivity index (χ0) is 13.0. The van der Waals surface area contributed by atoms with Gasteiger partial charge in [-0.05, 0) is 18.3 Å². The van der Waals surface area contributed by atoms with Crippen molar-refractivity contribution in [1.29, 1.82) is 0 Å². The Kier molecular flexibility index (Phi) is 3.64. The number of rotatable bonds is 5. The van der Waals surface area contributed by atoms with E-state index < -0.39 is 5.97 Å². The molecule has 0 spiro atoms. The van der Waals surface area contributed by atoms with Gasteiger partial charge in [0.15, 0.2) is 0 Å². The summed E-state index contributed by atoms with van der Waals surface area (Å²) in [5.74, 6) is -1.02. The van der Waals surface area contributed by atoms with E-state index in [9.17, 15) is 9.59 Å². The van der Waals surface area contributed by atoms with E-state index in [1.54, 1.807) is 0 Å². The van der Waals surface area contributed by atoms with Gasteiger partial charge in [-0.25, -0.2) is 0 Å².